The van der Waals surface area contributed by atoms with Gasteiger partial charge in [-0.2, -0.15) is 0 Å². The third-order valence-corrected chi connectivity index (χ3v) is 4.57. The average Bonchev–Trinajstić information content (AvgIpc) is 2.56. The second-order valence-electron chi connectivity index (χ2n) is 6.09. The lowest BCUT2D eigenvalue weighted by Gasteiger charge is -2.37. The van der Waals surface area contributed by atoms with Crippen LogP contribution in [0, 0.1) is 5.41 Å². The predicted molar refractivity (Wildman–Crippen MR) is 98.2 cm³/mol. The number of carbonyl (C=O) groups excluding carboxylic acids is 1. The zero-order valence-electron chi connectivity index (χ0n) is 14.1. The molecule has 136 valence electrons. The van der Waals surface area contributed by atoms with Crippen LogP contribution in [0.1, 0.15) is 19.8 Å². The van der Waals surface area contributed by atoms with Crippen LogP contribution in [0.5, 0.6) is 5.75 Å². The van der Waals surface area contributed by atoms with Crippen LogP contribution >= 0.6 is 24.0 Å². The molecular weight excluding hydrogens is 351 g/mol. The maximum Gasteiger partial charge on any atom is 0.260 e. The number of ether oxygens (including phenoxy) is 2. The summed E-state index contributed by atoms with van der Waals surface area (Å²) in [4.78, 5) is 12.3. The Morgan fingerprint density at radius 2 is 2.04 bits per heavy atom. The molecule has 7 heteroatoms. The van der Waals surface area contributed by atoms with E-state index in [4.69, 9.17) is 21.1 Å². The summed E-state index contributed by atoms with van der Waals surface area (Å²) in [6.07, 6.45) is 1.37. The van der Waals surface area contributed by atoms with Crippen molar-refractivity contribution in [2.75, 3.05) is 33.4 Å². The number of amides is 1. The minimum atomic E-state index is -0.601. The molecule has 2 N–H and O–H groups in total. The molecule has 1 fully saturated rings. The number of rotatable bonds is 7. The van der Waals surface area contributed by atoms with Crippen molar-refractivity contribution in [3.8, 4) is 5.75 Å². The zero-order chi connectivity index (χ0) is 16.7. The van der Waals surface area contributed by atoms with E-state index in [1.165, 1.54) is 0 Å². The number of halogens is 2. The van der Waals surface area contributed by atoms with Crippen molar-refractivity contribution in [1.29, 1.82) is 0 Å². The second-order valence-corrected chi connectivity index (χ2v) is 6.50. The Kier molecular flexibility index (Phi) is 8.84. The number of hydrogen-bond acceptors (Lipinski definition) is 4. The Hall–Kier alpha value is -1.01. The van der Waals surface area contributed by atoms with Crippen molar-refractivity contribution in [1.82, 2.24) is 10.6 Å². The van der Waals surface area contributed by atoms with Gasteiger partial charge in [-0.1, -0.05) is 23.7 Å². The fraction of sp³-hybridized carbons (Fsp3) is 0.588. The molecule has 1 unspecified atom stereocenters. The summed E-state index contributed by atoms with van der Waals surface area (Å²) in [5, 5.41) is 6.84. The molecule has 0 saturated carbocycles. The van der Waals surface area contributed by atoms with Crippen molar-refractivity contribution in [3.05, 3.63) is 29.3 Å². The Morgan fingerprint density at radius 3 is 2.67 bits per heavy atom. The molecule has 0 aromatic heterocycles. The average molecular weight is 377 g/mol. The van der Waals surface area contributed by atoms with E-state index in [1.54, 1.807) is 26.2 Å². The molecule has 1 amide bonds. The molecule has 1 atom stereocenters. The Labute approximate surface area is 154 Å². The lowest BCUT2D eigenvalue weighted by atomic mass is 9.79. The van der Waals surface area contributed by atoms with E-state index in [1.807, 2.05) is 12.1 Å². The van der Waals surface area contributed by atoms with E-state index in [9.17, 15) is 4.79 Å². The summed E-state index contributed by atoms with van der Waals surface area (Å²) in [5.74, 6) is 0.379. The summed E-state index contributed by atoms with van der Waals surface area (Å²) in [6.45, 7) is 4.87. The number of piperidine rings is 1. The number of benzene rings is 1. The highest BCUT2D eigenvalue weighted by molar-refractivity contribution is 6.32. The zero-order valence-corrected chi connectivity index (χ0v) is 15.7. The number of carbonyl (C=O) groups is 1. The number of nitrogens with one attached hydrogen (secondary N) is 2. The monoisotopic (exact) mass is 376 g/mol. The lowest BCUT2D eigenvalue weighted by Crippen LogP contribution is -2.49. The molecule has 24 heavy (non-hydrogen) atoms. The molecule has 0 spiro atoms. The summed E-state index contributed by atoms with van der Waals surface area (Å²) < 4.78 is 11.0. The lowest BCUT2D eigenvalue weighted by molar-refractivity contribution is -0.128. The summed E-state index contributed by atoms with van der Waals surface area (Å²) in [5.41, 5.74) is -0.000226. The van der Waals surface area contributed by atoms with E-state index in [0.717, 1.165) is 25.9 Å². The Bertz CT molecular complexity index is 517. The third kappa shape index (κ3) is 5.81. The van der Waals surface area contributed by atoms with Crippen molar-refractivity contribution >= 4 is 29.9 Å². The van der Waals surface area contributed by atoms with Crippen LogP contribution in [0.2, 0.25) is 5.02 Å². The normalized spacial score (nSPS) is 17.5. The largest absolute Gasteiger partial charge is 0.479 e. The van der Waals surface area contributed by atoms with Crippen LogP contribution in [0.25, 0.3) is 0 Å². The molecular formula is C17H26Cl2N2O3. The second kappa shape index (κ2) is 10.1. The molecule has 1 heterocycles. The van der Waals surface area contributed by atoms with E-state index in [-0.39, 0.29) is 23.7 Å². The number of methoxy groups -OCH3 is 1. The number of para-hydroxylation sites is 1. The highest BCUT2D eigenvalue weighted by atomic mass is 35.5. The van der Waals surface area contributed by atoms with E-state index < -0.39 is 6.10 Å². The van der Waals surface area contributed by atoms with Crippen LogP contribution in [-0.2, 0) is 9.53 Å². The van der Waals surface area contributed by atoms with Gasteiger partial charge in [-0.25, -0.2) is 0 Å². The first-order valence-corrected chi connectivity index (χ1v) is 8.33. The topological polar surface area (TPSA) is 59.6 Å². The SMILES string of the molecule is COCC1(CNC(=O)C(C)Oc2ccccc2Cl)CCNCC1.Cl. The highest BCUT2D eigenvalue weighted by Crippen LogP contribution is 2.28. The summed E-state index contributed by atoms with van der Waals surface area (Å²) in [6, 6.07) is 7.15. The highest BCUT2D eigenvalue weighted by Gasteiger charge is 2.33. The summed E-state index contributed by atoms with van der Waals surface area (Å²) in [7, 11) is 1.70. The quantitative estimate of drug-likeness (QED) is 0.767. The molecule has 1 aromatic rings. The fourth-order valence-corrected chi connectivity index (χ4v) is 3.02. The van der Waals surface area contributed by atoms with Crippen molar-refractivity contribution in [2.45, 2.75) is 25.9 Å². The van der Waals surface area contributed by atoms with E-state index in [0.29, 0.717) is 23.9 Å². The third-order valence-electron chi connectivity index (χ3n) is 4.26. The molecule has 1 aliphatic heterocycles. The molecule has 5 nitrogen and oxygen atoms in total. The van der Waals surface area contributed by atoms with Gasteiger partial charge in [-0.05, 0) is 45.0 Å². The smallest absolute Gasteiger partial charge is 0.260 e. The minimum Gasteiger partial charge on any atom is -0.479 e. The molecule has 1 aromatic carbocycles. The fourth-order valence-electron chi connectivity index (χ4n) is 2.84. The van der Waals surface area contributed by atoms with Gasteiger partial charge in [0, 0.05) is 19.1 Å². The molecule has 1 saturated heterocycles. The maximum absolute atomic E-state index is 12.3. The van der Waals surface area contributed by atoms with Gasteiger partial charge in [0.25, 0.3) is 5.91 Å². The van der Waals surface area contributed by atoms with Crippen LogP contribution in [0.4, 0.5) is 0 Å². The summed E-state index contributed by atoms with van der Waals surface area (Å²) >= 11 is 6.06. The first kappa shape index (κ1) is 21.0. The standard InChI is InChI=1S/C17H25ClN2O3.ClH/c1-13(23-15-6-4-3-5-14(15)18)16(21)20-11-17(12-22-2)7-9-19-10-8-17;/h3-6,13,19H,7-12H2,1-2H3,(H,20,21);1H. The van der Waals surface area contributed by atoms with Crippen molar-refractivity contribution in [3.63, 3.8) is 0 Å². The minimum absolute atomic E-state index is 0. The Balaban J connectivity index is 0.00000288. The van der Waals surface area contributed by atoms with Crippen LogP contribution in [-0.4, -0.2) is 45.4 Å². The number of hydrogen-bond donors (Lipinski definition) is 2. The van der Waals surface area contributed by atoms with Crippen molar-refractivity contribution in [2.24, 2.45) is 5.41 Å². The van der Waals surface area contributed by atoms with Crippen molar-refractivity contribution < 1.29 is 14.3 Å². The molecule has 0 aliphatic carbocycles. The van der Waals surface area contributed by atoms with Gasteiger partial charge < -0.3 is 20.1 Å². The first-order chi connectivity index (χ1) is 11.1. The molecule has 0 radical (unpaired) electrons. The van der Waals surface area contributed by atoms with Gasteiger partial charge in [0.05, 0.1) is 11.6 Å². The Morgan fingerprint density at radius 1 is 1.38 bits per heavy atom. The van der Waals surface area contributed by atoms with E-state index in [2.05, 4.69) is 10.6 Å². The van der Waals surface area contributed by atoms with Gasteiger partial charge in [0.2, 0.25) is 0 Å². The van der Waals surface area contributed by atoms with E-state index >= 15 is 0 Å². The van der Waals surface area contributed by atoms with Crippen LogP contribution < -0.4 is 15.4 Å². The van der Waals surface area contributed by atoms with Gasteiger partial charge >= 0.3 is 0 Å². The van der Waals surface area contributed by atoms with Gasteiger partial charge in [-0.15, -0.1) is 12.4 Å². The van der Waals surface area contributed by atoms with Gasteiger partial charge in [-0.3, -0.25) is 4.79 Å². The first-order valence-electron chi connectivity index (χ1n) is 7.95. The van der Waals surface area contributed by atoms with Gasteiger partial charge in [0.1, 0.15) is 5.75 Å². The van der Waals surface area contributed by atoms with Crippen LogP contribution in [0.15, 0.2) is 24.3 Å². The van der Waals surface area contributed by atoms with Crippen LogP contribution in [0.3, 0.4) is 0 Å². The van der Waals surface area contributed by atoms with Gasteiger partial charge in [0.15, 0.2) is 6.10 Å². The molecule has 1 aliphatic rings. The molecule has 0 bridgehead atoms. The molecule has 2 rings (SSSR count). The predicted octanol–water partition coefficient (Wildman–Crippen LogP) is 2.66. The maximum atomic E-state index is 12.3.